The molecule has 0 aliphatic heterocycles. The Morgan fingerprint density at radius 3 is 2.48 bits per heavy atom. The molecule has 0 fully saturated rings. The van der Waals surface area contributed by atoms with Crippen molar-refractivity contribution in [1.82, 2.24) is 4.90 Å². The van der Waals surface area contributed by atoms with Crippen LogP contribution in [0.5, 0.6) is 0 Å². The topological polar surface area (TPSA) is 52.6 Å². The Labute approximate surface area is 132 Å². The van der Waals surface area contributed by atoms with Crippen LogP contribution in [0.25, 0.3) is 0 Å². The summed E-state index contributed by atoms with van der Waals surface area (Å²) in [7, 11) is 0. The van der Waals surface area contributed by atoms with Crippen LogP contribution in [0.3, 0.4) is 0 Å². The molecule has 8 heteroatoms. The zero-order valence-electron chi connectivity index (χ0n) is 12.8. The number of unbranched alkanes of at least 4 members (excludes halogenated alkanes) is 1. The molecule has 0 aliphatic carbocycles. The number of aliphatic hydroxyl groups is 1. The first-order valence-corrected chi connectivity index (χ1v) is 7.33. The fraction of sp³-hybridized carbons (Fsp3) is 0.533. The van der Waals surface area contributed by atoms with Crippen molar-refractivity contribution in [3.63, 3.8) is 0 Å². The first kappa shape index (κ1) is 19.2. The molecular formula is C15H20F4N2O2. The van der Waals surface area contributed by atoms with Crippen molar-refractivity contribution in [3.05, 3.63) is 29.6 Å². The van der Waals surface area contributed by atoms with Crippen LogP contribution >= 0.6 is 0 Å². The Morgan fingerprint density at radius 2 is 1.91 bits per heavy atom. The number of benzene rings is 1. The maximum Gasteiger partial charge on any atom is 0.416 e. The lowest BCUT2D eigenvalue weighted by Crippen LogP contribution is -2.37. The second-order valence-corrected chi connectivity index (χ2v) is 5.04. The highest BCUT2D eigenvalue weighted by atomic mass is 19.4. The molecule has 0 unspecified atom stereocenters. The Hall–Kier alpha value is -1.83. The van der Waals surface area contributed by atoms with Gasteiger partial charge < -0.3 is 15.3 Å². The minimum atomic E-state index is -4.62. The fourth-order valence-corrected chi connectivity index (χ4v) is 1.92. The van der Waals surface area contributed by atoms with Crippen molar-refractivity contribution < 1.29 is 27.5 Å². The zero-order chi connectivity index (χ0) is 17.5. The van der Waals surface area contributed by atoms with Gasteiger partial charge in [0, 0.05) is 19.7 Å². The highest BCUT2D eigenvalue weighted by molar-refractivity contribution is 5.89. The molecule has 0 radical (unpaired) electrons. The lowest BCUT2D eigenvalue weighted by Gasteiger charge is -2.23. The molecule has 23 heavy (non-hydrogen) atoms. The van der Waals surface area contributed by atoms with E-state index < -0.39 is 29.3 Å². The molecule has 2 N–H and O–H groups in total. The molecule has 0 spiro atoms. The van der Waals surface area contributed by atoms with Crippen LogP contribution in [0, 0.1) is 5.82 Å². The number of carbonyl (C=O) groups excluding carboxylic acids is 1. The summed E-state index contributed by atoms with van der Waals surface area (Å²) in [4.78, 5) is 13.5. The van der Waals surface area contributed by atoms with Gasteiger partial charge in [-0.2, -0.15) is 13.2 Å². The number of amides is 2. The Balaban J connectivity index is 2.88. The summed E-state index contributed by atoms with van der Waals surface area (Å²) in [6.07, 6.45) is -2.76. The average Bonchev–Trinajstić information content (AvgIpc) is 2.48. The van der Waals surface area contributed by atoms with E-state index in [1.54, 1.807) is 0 Å². The summed E-state index contributed by atoms with van der Waals surface area (Å²) < 4.78 is 51.6. The van der Waals surface area contributed by atoms with Gasteiger partial charge in [-0.1, -0.05) is 13.3 Å². The van der Waals surface area contributed by atoms with E-state index in [9.17, 15) is 22.4 Å². The number of urea groups is 1. The number of aliphatic hydroxyl groups excluding tert-OH is 1. The van der Waals surface area contributed by atoms with Crippen molar-refractivity contribution >= 4 is 11.7 Å². The lowest BCUT2D eigenvalue weighted by molar-refractivity contribution is -0.137. The number of hydrogen-bond donors (Lipinski definition) is 2. The van der Waals surface area contributed by atoms with Gasteiger partial charge in [0.25, 0.3) is 0 Å². The van der Waals surface area contributed by atoms with Gasteiger partial charge in [0.2, 0.25) is 0 Å². The largest absolute Gasteiger partial charge is 0.416 e. The molecule has 0 heterocycles. The normalized spacial score (nSPS) is 11.4. The fourth-order valence-electron chi connectivity index (χ4n) is 1.92. The Bertz CT molecular complexity index is 513. The second kappa shape index (κ2) is 8.71. The number of nitrogens with zero attached hydrogens (tertiary/aromatic N) is 1. The molecular weight excluding hydrogens is 316 g/mol. The van der Waals surface area contributed by atoms with E-state index in [0.717, 1.165) is 6.42 Å². The second-order valence-electron chi connectivity index (χ2n) is 5.04. The molecule has 130 valence electrons. The van der Waals surface area contributed by atoms with E-state index >= 15 is 0 Å². The number of carbonyl (C=O) groups is 1. The van der Waals surface area contributed by atoms with Gasteiger partial charge >= 0.3 is 12.2 Å². The SMILES string of the molecule is CCCCN(CCCO)C(=O)Nc1cc(C(F)(F)F)ccc1F. The molecule has 0 aromatic heterocycles. The maximum atomic E-state index is 13.6. The Morgan fingerprint density at radius 1 is 1.26 bits per heavy atom. The third kappa shape index (κ3) is 6.05. The molecule has 0 saturated heterocycles. The summed E-state index contributed by atoms with van der Waals surface area (Å²) in [5.41, 5.74) is -1.56. The van der Waals surface area contributed by atoms with Crippen LogP contribution in [-0.2, 0) is 6.18 Å². The van der Waals surface area contributed by atoms with Crippen molar-refractivity contribution in [2.24, 2.45) is 0 Å². The van der Waals surface area contributed by atoms with Crippen LogP contribution in [0.4, 0.5) is 28.0 Å². The molecule has 2 amide bonds. The number of halogens is 4. The summed E-state index contributed by atoms with van der Waals surface area (Å²) in [5, 5.41) is 11.0. The number of nitrogens with one attached hydrogen (secondary N) is 1. The quantitative estimate of drug-likeness (QED) is 0.743. The minimum absolute atomic E-state index is 0.117. The van der Waals surface area contributed by atoms with Gasteiger partial charge in [0.1, 0.15) is 5.82 Å². The predicted molar refractivity (Wildman–Crippen MR) is 78.6 cm³/mol. The van der Waals surface area contributed by atoms with Crippen molar-refractivity contribution in [1.29, 1.82) is 0 Å². The monoisotopic (exact) mass is 336 g/mol. The number of alkyl halides is 3. The van der Waals surface area contributed by atoms with Gasteiger partial charge in [-0.15, -0.1) is 0 Å². The lowest BCUT2D eigenvalue weighted by atomic mass is 10.2. The van der Waals surface area contributed by atoms with E-state index in [1.807, 2.05) is 6.92 Å². The first-order chi connectivity index (χ1) is 10.8. The van der Waals surface area contributed by atoms with E-state index in [-0.39, 0.29) is 13.2 Å². The van der Waals surface area contributed by atoms with E-state index in [1.165, 1.54) is 4.90 Å². The Kier molecular flexibility index (Phi) is 7.28. The highest BCUT2D eigenvalue weighted by Gasteiger charge is 2.31. The van der Waals surface area contributed by atoms with E-state index in [4.69, 9.17) is 5.11 Å². The molecule has 1 aromatic rings. The van der Waals surface area contributed by atoms with Crippen LogP contribution in [0.1, 0.15) is 31.7 Å². The summed E-state index contributed by atoms with van der Waals surface area (Å²) in [6, 6.07) is 1.16. The molecule has 0 bridgehead atoms. The first-order valence-electron chi connectivity index (χ1n) is 7.33. The van der Waals surface area contributed by atoms with Crippen molar-refractivity contribution in [2.75, 3.05) is 25.0 Å². The van der Waals surface area contributed by atoms with E-state index in [2.05, 4.69) is 5.32 Å². The predicted octanol–water partition coefficient (Wildman–Crippen LogP) is 3.86. The minimum Gasteiger partial charge on any atom is -0.396 e. The molecule has 0 saturated carbocycles. The molecule has 0 aliphatic rings. The average molecular weight is 336 g/mol. The van der Waals surface area contributed by atoms with Crippen molar-refractivity contribution in [3.8, 4) is 0 Å². The van der Waals surface area contributed by atoms with Gasteiger partial charge in [-0.05, 0) is 31.0 Å². The van der Waals surface area contributed by atoms with Gasteiger partial charge in [-0.25, -0.2) is 9.18 Å². The van der Waals surface area contributed by atoms with Crippen LogP contribution in [-0.4, -0.2) is 35.7 Å². The number of hydrogen-bond acceptors (Lipinski definition) is 2. The molecule has 1 aromatic carbocycles. The molecule has 4 nitrogen and oxygen atoms in total. The zero-order valence-corrected chi connectivity index (χ0v) is 12.8. The summed E-state index contributed by atoms with van der Waals surface area (Å²) >= 11 is 0. The summed E-state index contributed by atoms with van der Waals surface area (Å²) in [5.74, 6) is -0.941. The standard InChI is InChI=1S/C15H20F4N2O2/c1-2-3-7-21(8-4-9-22)14(23)20-13-10-11(15(17,18)19)5-6-12(13)16/h5-6,10,22H,2-4,7-9H2,1H3,(H,20,23). The number of anilines is 1. The summed E-state index contributed by atoms with van der Waals surface area (Å²) in [6.45, 7) is 2.42. The third-order valence-corrected chi connectivity index (χ3v) is 3.19. The van der Waals surface area contributed by atoms with Gasteiger partial charge in [0.05, 0.1) is 11.3 Å². The van der Waals surface area contributed by atoms with Gasteiger partial charge in [-0.3, -0.25) is 0 Å². The number of rotatable bonds is 7. The smallest absolute Gasteiger partial charge is 0.396 e. The molecule has 0 atom stereocenters. The highest BCUT2D eigenvalue weighted by Crippen LogP contribution is 2.31. The van der Waals surface area contributed by atoms with Gasteiger partial charge in [0.15, 0.2) is 0 Å². The maximum absolute atomic E-state index is 13.6. The molecule has 1 rings (SSSR count). The van der Waals surface area contributed by atoms with Crippen LogP contribution in [0.15, 0.2) is 18.2 Å². The van der Waals surface area contributed by atoms with Crippen LogP contribution < -0.4 is 5.32 Å². The van der Waals surface area contributed by atoms with Crippen molar-refractivity contribution in [2.45, 2.75) is 32.4 Å². The third-order valence-electron chi connectivity index (χ3n) is 3.19. The van der Waals surface area contributed by atoms with Crippen LogP contribution in [0.2, 0.25) is 0 Å². The van der Waals surface area contributed by atoms with E-state index in [0.29, 0.717) is 37.6 Å².